The highest BCUT2D eigenvalue weighted by Crippen LogP contribution is 2.24. The Labute approximate surface area is 153 Å². The van der Waals surface area contributed by atoms with E-state index in [2.05, 4.69) is 5.32 Å². The van der Waals surface area contributed by atoms with Crippen LogP contribution in [0, 0.1) is 0 Å². The fraction of sp³-hybridized carbons (Fsp3) is 0.526. The van der Waals surface area contributed by atoms with E-state index in [-0.39, 0.29) is 30.3 Å². The molecule has 2 fully saturated rings. The molecule has 1 N–H and O–H groups in total. The molecule has 7 nitrogen and oxygen atoms in total. The number of nitrogens with zero attached hydrogens (tertiary/aromatic N) is 3. The Morgan fingerprint density at radius 1 is 1.23 bits per heavy atom. The Morgan fingerprint density at radius 3 is 2.65 bits per heavy atom. The van der Waals surface area contributed by atoms with E-state index >= 15 is 0 Å². The number of benzene rings is 1. The third-order valence-electron chi connectivity index (χ3n) is 4.93. The van der Waals surface area contributed by atoms with Gasteiger partial charge in [-0.3, -0.25) is 14.4 Å². The lowest BCUT2D eigenvalue weighted by Crippen LogP contribution is -2.56. The average Bonchev–Trinajstić information content (AvgIpc) is 3.10. The highest BCUT2D eigenvalue weighted by molar-refractivity contribution is 5.95. The highest BCUT2D eigenvalue weighted by atomic mass is 16.2. The van der Waals surface area contributed by atoms with E-state index in [1.807, 2.05) is 31.1 Å². The number of likely N-dealkylation sites (N-methyl/N-ethyl adjacent to an activating group) is 1. The second kappa shape index (κ2) is 7.86. The third kappa shape index (κ3) is 4.04. The van der Waals surface area contributed by atoms with Crippen LogP contribution in [0.3, 0.4) is 0 Å². The molecule has 140 valence electrons. The van der Waals surface area contributed by atoms with Crippen molar-refractivity contribution in [3.05, 3.63) is 35.4 Å². The van der Waals surface area contributed by atoms with Crippen molar-refractivity contribution in [2.45, 2.75) is 25.4 Å². The van der Waals surface area contributed by atoms with E-state index in [4.69, 9.17) is 0 Å². The fourth-order valence-electron chi connectivity index (χ4n) is 3.48. The number of piperazine rings is 1. The standard InChI is InChI=1S/C19H26N4O3/c1-21(2)11-9-20-18(25)15-7-5-14(6-8-15)12-22-13-17(24)23-10-3-4-16(23)19(22)26/h5-8,16H,3-4,9-13H2,1-2H3,(H,20,25)/t16-/m1/s1. The summed E-state index contributed by atoms with van der Waals surface area (Å²) in [5.41, 5.74) is 1.51. The van der Waals surface area contributed by atoms with Crippen LogP contribution in [0.25, 0.3) is 0 Å². The summed E-state index contributed by atoms with van der Waals surface area (Å²) in [4.78, 5) is 42.2. The summed E-state index contributed by atoms with van der Waals surface area (Å²) in [7, 11) is 3.91. The van der Waals surface area contributed by atoms with Crippen molar-refractivity contribution < 1.29 is 14.4 Å². The second-order valence-corrected chi connectivity index (χ2v) is 7.20. The lowest BCUT2D eigenvalue weighted by molar-refractivity contribution is -0.154. The largest absolute Gasteiger partial charge is 0.351 e. The number of fused-ring (bicyclic) bond motifs is 1. The summed E-state index contributed by atoms with van der Waals surface area (Å²) >= 11 is 0. The van der Waals surface area contributed by atoms with Gasteiger partial charge < -0.3 is 20.0 Å². The molecule has 2 aliphatic rings. The molecule has 1 aromatic carbocycles. The average molecular weight is 358 g/mol. The number of carbonyl (C=O) groups excluding carboxylic acids is 3. The minimum atomic E-state index is -0.280. The molecule has 2 heterocycles. The summed E-state index contributed by atoms with van der Waals surface area (Å²) in [5.74, 6) is -0.0409. The normalized spacial score (nSPS) is 19.9. The zero-order valence-electron chi connectivity index (χ0n) is 15.4. The maximum Gasteiger partial charge on any atom is 0.251 e. The molecule has 0 aliphatic carbocycles. The van der Waals surface area contributed by atoms with Gasteiger partial charge in [-0.2, -0.15) is 0 Å². The van der Waals surface area contributed by atoms with Crippen LogP contribution >= 0.6 is 0 Å². The minimum absolute atomic E-state index is 0.0315. The molecule has 0 saturated carbocycles. The Morgan fingerprint density at radius 2 is 1.96 bits per heavy atom. The monoisotopic (exact) mass is 358 g/mol. The molecule has 7 heteroatoms. The van der Waals surface area contributed by atoms with Crippen LogP contribution in [0.5, 0.6) is 0 Å². The predicted octanol–water partition coefficient (Wildman–Crippen LogP) is 0.311. The lowest BCUT2D eigenvalue weighted by Gasteiger charge is -2.36. The molecule has 2 saturated heterocycles. The smallest absolute Gasteiger partial charge is 0.251 e. The van der Waals surface area contributed by atoms with Gasteiger partial charge in [0.2, 0.25) is 11.8 Å². The molecule has 0 radical (unpaired) electrons. The maximum atomic E-state index is 12.6. The van der Waals surface area contributed by atoms with Gasteiger partial charge in [0.15, 0.2) is 0 Å². The van der Waals surface area contributed by atoms with Gasteiger partial charge in [-0.25, -0.2) is 0 Å². The van der Waals surface area contributed by atoms with Gasteiger partial charge in [0.25, 0.3) is 5.91 Å². The molecule has 0 bridgehead atoms. The van der Waals surface area contributed by atoms with E-state index < -0.39 is 0 Å². The van der Waals surface area contributed by atoms with Crippen molar-refractivity contribution in [1.82, 2.24) is 20.0 Å². The molecule has 0 aromatic heterocycles. The van der Waals surface area contributed by atoms with Crippen molar-refractivity contribution in [1.29, 1.82) is 0 Å². The first-order valence-electron chi connectivity index (χ1n) is 9.06. The Balaban J connectivity index is 1.58. The van der Waals surface area contributed by atoms with Gasteiger partial charge in [-0.05, 0) is 44.6 Å². The highest BCUT2D eigenvalue weighted by Gasteiger charge is 2.41. The van der Waals surface area contributed by atoms with Gasteiger partial charge in [-0.1, -0.05) is 12.1 Å². The van der Waals surface area contributed by atoms with E-state index in [9.17, 15) is 14.4 Å². The number of hydrogen-bond acceptors (Lipinski definition) is 4. The van der Waals surface area contributed by atoms with E-state index in [1.54, 1.807) is 21.9 Å². The van der Waals surface area contributed by atoms with Gasteiger partial charge >= 0.3 is 0 Å². The molecule has 2 aliphatic heterocycles. The Kier molecular flexibility index (Phi) is 5.56. The summed E-state index contributed by atoms with van der Waals surface area (Å²) in [6.07, 6.45) is 1.65. The van der Waals surface area contributed by atoms with Crippen molar-refractivity contribution in [2.24, 2.45) is 0 Å². The molecule has 1 aromatic rings. The summed E-state index contributed by atoms with van der Waals surface area (Å²) in [6.45, 7) is 2.61. The fourth-order valence-corrected chi connectivity index (χ4v) is 3.48. The topological polar surface area (TPSA) is 73.0 Å². The van der Waals surface area contributed by atoms with Crippen molar-refractivity contribution >= 4 is 17.7 Å². The van der Waals surface area contributed by atoms with Crippen LogP contribution in [-0.2, 0) is 16.1 Å². The second-order valence-electron chi connectivity index (χ2n) is 7.20. The Bertz CT molecular complexity index is 687. The van der Waals surface area contributed by atoms with Crippen LogP contribution in [0.2, 0.25) is 0 Å². The van der Waals surface area contributed by atoms with E-state index in [0.717, 1.165) is 24.9 Å². The molecule has 1 atom stereocenters. The van der Waals surface area contributed by atoms with E-state index in [1.165, 1.54) is 0 Å². The van der Waals surface area contributed by atoms with Crippen molar-refractivity contribution in [2.75, 3.05) is 40.3 Å². The number of hydrogen-bond donors (Lipinski definition) is 1. The number of amides is 3. The van der Waals surface area contributed by atoms with Crippen molar-refractivity contribution in [3.63, 3.8) is 0 Å². The molecular weight excluding hydrogens is 332 g/mol. The molecule has 0 unspecified atom stereocenters. The first-order chi connectivity index (χ1) is 12.5. The summed E-state index contributed by atoms with van der Waals surface area (Å²) in [6, 6.07) is 6.94. The summed E-state index contributed by atoms with van der Waals surface area (Å²) in [5, 5.41) is 2.87. The van der Waals surface area contributed by atoms with Crippen LogP contribution in [-0.4, -0.2) is 78.7 Å². The number of rotatable bonds is 6. The van der Waals surface area contributed by atoms with Crippen LogP contribution in [0.15, 0.2) is 24.3 Å². The maximum absolute atomic E-state index is 12.6. The number of carbonyl (C=O) groups is 3. The van der Waals surface area contributed by atoms with Gasteiger partial charge in [0.05, 0.1) is 0 Å². The molecule has 3 rings (SSSR count). The quantitative estimate of drug-likeness (QED) is 0.794. The van der Waals surface area contributed by atoms with Crippen LogP contribution < -0.4 is 5.32 Å². The predicted molar refractivity (Wildman–Crippen MR) is 97.5 cm³/mol. The Hall–Kier alpha value is -2.41. The van der Waals surface area contributed by atoms with Crippen LogP contribution in [0.4, 0.5) is 0 Å². The SMILES string of the molecule is CN(C)CCNC(=O)c1ccc(CN2CC(=O)N3CCC[C@@H]3C2=O)cc1. The van der Waals surface area contributed by atoms with Crippen molar-refractivity contribution in [3.8, 4) is 0 Å². The van der Waals surface area contributed by atoms with Crippen LogP contribution in [0.1, 0.15) is 28.8 Å². The van der Waals surface area contributed by atoms with Gasteiger partial charge in [-0.15, -0.1) is 0 Å². The van der Waals surface area contributed by atoms with Gasteiger partial charge in [0.1, 0.15) is 12.6 Å². The number of nitrogens with one attached hydrogen (secondary N) is 1. The lowest BCUT2D eigenvalue weighted by atomic mass is 10.1. The minimum Gasteiger partial charge on any atom is -0.351 e. The van der Waals surface area contributed by atoms with Gasteiger partial charge in [0, 0.05) is 31.7 Å². The zero-order valence-corrected chi connectivity index (χ0v) is 15.4. The molecule has 26 heavy (non-hydrogen) atoms. The molecule has 3 amide bonds. The zero-order chi connectivity index (χ0) is 18.7. The molecule has 0 spiro atoms. The van der Waals surface area contributed by atoms with E-state index in [0.29, 0.717) is 25.2 Å². The summed E-state index contributed by atoms with van der Waals surface area (Å²) < 4.78 is 0. The first kappa shape index (κ1) is 18.4. The molecular formula is C19H26N4O3. The third-order valence-corrected chi connectivity index (χ3v) is 4.93. The first-order valence-corrected chi connectivity index (χ1v) is 9.06.